The fourth-order valence-corrected chi connectivity index (χ4v) is 3.01. The third-order valence-electron chi connectivity index (χ3n) is 4.21. The molecule has 4 nitrogen and oxygen atoms in total. The minimum atomic E-state index is -0.149. The molecule has 30 heavy (non-hydrogen) atoms. The number of hydrogen-bond donors (Lipinski definition) is 1. The van der Waals surface area contributed by atoms with Crippen LogP contribution < -0.4 is 10.1 Å². The molecule has 3 aromatic carbocycles. The lowest BCUT2D eigenvalue weighted by atomic mass is 10.1. The van der Waals surface area contributed by atoms with Gasteiger partial charge in [-0.3, -0.25) is 4.79 Å². The van der Waals surface area contributed by atoms with Gasteiger partial charge in [0.15, 0.2) is 5.78 Å². The highest BCUT2D eigenvalue weighted by Crippen LogP contribution is 2.30. The molecule has 0 saturated carbocycles. The van der Waals surface area contributed by atoms with Gasteiger partial charge >= 0.3 is 0 Å². The summed E-state index contributed by atoms with van der Waals surface area (Å²) in [7, 11) is 3.72. The number of benzene rings is 3. The van der Waals surface area contributed by atoms with Gasteiger partial charge in [-0.15, -0.1) is 0 Å². The number of carbonyl (C=O) groups is 1. The molecular formula is C24H22Cl2N2O2. The van der Waals surface area contributed by atoms with E-state index in [9.17, 15) is 4.79 Å². The molecule has 0 aliphatic heterocycles. The minimum absolute atomic E-state index is 0.149. The van der Waals surface area contributed by atoms with Gasteiger partial charge in [0.05, 0.1) is 15.6 Å². The van der Waals surface area contributed by atoms with E-state index >= 15 is 0 Å². The average molecular weight is 441 g/mol. The number of anilines is 2. The lowest BCUT2D eigenvalue weighted by molar-refractivity contribution is 0.104. The van der Waals surface area contributed by atoms with Crippen molar-refractivity contribution in [2.45, 2.75) is 6.61 Å². The molecule has 154 valence electrons. The van der Waals surface area contributed by atoms with Crippen LogP contribution in [-0.2, 0) is 6.61 Å². The third kappa shape index (κ3) is 6.02. The fraction of sp³-hybridized carbons (Fsp3) is 0.125. The van der Waals surface area contributed by atoms with Crippen molar-refractivity contribution in [2.24, 2.45) is 0 Å². The van der Waals surface area contributed by atoms with Crippen LogP contribution in [0.2, 0.25) is 10.0 Å². The number of halogens is 2. The standard InChI is InChI=1S/C24H22Cl2N2O2/c1-28(2)13-12-23(29)20-14-18(27-19-8-10-21(25)22(26)15-19)9-11-24(20)30-16-17-6-4-3-5-7-17/h3-15,27H,16H2,1-2H3. The maximum Gasteiger partial charge on any atom is 0.191 e. The second kappa shape index (κ2) is 10.2. The van der Waals surface area contributed by atoms with Crippen molar-refractivity contribution in [3.05, 3.63) is 100 Å². The zero-order valence-electron chi connectivity index (χ0n) is 16.7. The number of rotatable bonds is 8. The van der Waals surface area contributed by atoms with Gasteiger partial charge in [0, 0.05) is 37.7 Å². The molecule has 0 fully saturated rings. The summed E-state index contributed by atoms with van der Waals surface area (Å²) in [5.74, 6) is 0.372. The average Bonchev–Trinajstić information content (AvgIpc) is 2.74. The van der Waals surface area contributed by atoms with Gasteiger partial charge in [0.25, 0.3) is 0 Å². The molecule has 6 heteroatoms. The summed E-state index contributed by atoms with van der Waals surface area (Å²) in [5, 5.41) is 4.18. The molecule has 0 aliphatic rings. The quantitative estimate of drug-likeness (QED) is 0.317. The summed E-state index contributed by atoms with van der Waals surface area (Å²) in [6, 6.07) is 20.5. The van der Waals surface area contributed by atoms with E-state index in [1.807, 2.05) is 56.6 Å². The second-order valence-electron chi connectivity index (χ2n) is 6.88. The van der Waals surface area contributed by atoms with Gasteiger partial charge in [0.1, 0.15) is 12.4 Å². The predicted octanol–water partition coefficient (Wildman–Crippen LogP) is 6.57. The Morgan fingerprint density at radius 1 is 0.967 bits per heavy atom. The molecule has 0 radical (unpaired) electrons. The number of ether oxygens (including phenoxy) is 1. The van der Waals surface area contributed by atoms with E-state index in [1.165, 1.54) is 6.08 Å². The van der Waals surface area contributed by atoms with Crippen LogP contribution in [0.25, 0.3) is 0 Å². The number of carbonyl (C=O) groups excluding carboxylic acids is 1. The first-order valence-electron chi connectivity index (χ1n) is 9.34. The molecular weight excluding hydrogens is 419 g/mol. The van der Waals surface area contributed by atoms with Gasteiger partial charge in [-0.1, -0.05) is 53.5 Å². The Labute approximate surface area is 186 Å². The second-order valence-corrected chi connectivity index (χ2v) is 7.70. The Morgan fingerprint density at radius 2 is 1.67 bits per heavy atom. The van der Waals surface area contributed by atoms with Gasteiger partial charge in [-0.2, -0.15) is 0 Å². The minimum Gasteiger partial charge on any atom is -0.488 e. The van der Waals surface area contributed by atoms with Crippen molar-refractivity contribution in [2.75, 3.05) is 19.4 Å². The van der Waals surface area contributed by atoms with Gasteiger partial charge < -0.3 is 15.0 Å². The molecule has 0 bridgehead atoms. The van der Waals surface area contributed by atoms with Crippen LogP contribution in [0.15, 0.2) is 79.0 Å². The maximum atomic E-state index is 12.8. The molecule has 3 aromatic rings. The zero-order valence-corrected chi connectivity index (χ0v) is 18.2. The Bertz CT molecular complexity index is 1050. The predicted molar refractivity (Wildman–Crippen MR) is 124 cm³/mol. The van der Waals surface area contributed by atoms with E-state index in [0.717, 1.165) is 16.9 Å². The number of nitrogens with one attached hydrogen (secondary N) is 1. The monoisotopic (exact) mass is 440 g/mol. The van der Waals surface area contributed by atoms with Crippen LogP contribution in [0.4, 0.5) is 11.4 Å². The topological polar surface area (TPSA) is 41.6 Å². The SMILES string of the molecule is CN(C)C=CC(=O)c1cc(Nc2ccc(Cl)c(Cl)c2)ccc1OCc1ccccc1. The zero-order chi connectivity index (χ0) is 21.5. The molecule has 0 spiro atoms. The fourth-order valence-electron chi connectivity index (χ4n) is 2.71. The van der Waals surface area contributed by atoms with E-state index in [2.05, 4.69) is 5.32 Å². The van der Waals surface area contributed by atoms with Gasteiger partial charge in [0.2, 0.25) is 0 Å². The van der Waals surface area contributed by atoms with E-state index in [1.54, 1.807) is 35.4 Å². The lowest BCUT2D eigenvalue weighted by Gasteiger charge is -2.14. The Morgan fingerprint density at radius 3 is 2.37 bits per heavy atom. The summed E-state index contributed by atoms with van der Waals surface area (Å²) < 4.78 is 5.96. The number of ketones is 1. The number of allylic oxidation sites excluding steroid dienone is 1. The lowest BCUT2D eigenvalue weighted by Crippen LogP contribution is -2.06. The van der Waals surface area contributed by atoms with Crippen molar-refractivity contribution >= 4 is 40.4 Å². The van der Waals surface area contributed by atoms with Gasteiger partial charge in [-0.05, 0) is 42.0 Å². The van der Waals surface area contributed by atoms with Crippen LogP contribution in [-0.4, -0.2) is 24.8 Å². The third-order valence-corrected chi connectivity index (χ3v) is 4.95. The van der Waals surface area contributed by atoms with E-state index < -0.39 is 0 Å². The van der Waals surface area contributed by atoms with Crippen molar-refractivity contribution in [1.82, 2.24) is 4.90 Å². The van der Waals surface area contributed by atoms with Crippen LogP contribution in [0.5, 0.6) is 5.75 Å². The summed E-state index contributed by atoms with van der Waals surface area (Å²) in [6.45, 7) is 0.373. The Balaban J connectivity index is 1.87. The smallest absolute Gasteiger partial charge is 0.191 e. The molecule has 0 saturated heterocycles. The van der Waals surface area contributed by atoms with Crippen molar-refractivity contribution < 1.29 is 9.53 Å². The van der Waals surface area contributed by atoms with E-state index in [-0.39, 0.29) is 5.78 Å². The first-order chi connectivity index (χ1) is 14.4. The van der Waals surface area contributed by atoms with Crippen LogP contribution in [0.3, 0.4) is 0 Å². The Kier molecular flexibility index (Phi) is 7.39. The molecule has 0 aromatic heterocycles. The molecule has 3 rings (SSSR count). The highest BCUT2D eigenvalue weighted by molar-refractivity contribution is 6.42. The molecule has 0 amide bonds. The molecule has 0 aliphatic carbocycles. The first-order valence-corrected chi connectivity index (χ1v) is 10.1. The highest BCUT2D eigenvalue weighted by atomic mass is 35.5. The summed E-state index contributed by atoms with van der Waals surface area (Å²) in [5.41, 5.74) is 3.00. The highest BCUT2D eigenvalue weighted by Gasteiger charge is 2.13. The van der Waals surface area contributed by atoms with Crippen molar-refractivity contribution in [1.29, 1.82) is 0 Å². The molecule has 0 heterocycles. The van der Waals surface area contributed by atoms with Crippen LogP contribution in [0, 0.1) is 0 Å². The summed E-state index contributed by atoms with van der Waals surface area (Å²) in [4.78, 5) is 14.6. The van der Waals surface area contributed by atoms with E-state index in [4.69, 9.17) is 27.9 Å². The maximum absolute atomic E-state index is 12.8. The normalized spacial score (nSPS) is 10.8. The van der Waals surface area contributed by atoms with E-state index in [0.29, 0.717) is 28.0 Å². The van der Waals surface area contributed by atoms with Crippen molar-refractivity contribution in [3.63, 3.8) is 0 Å². The summed E-state index contributed by atoms with van der Waals surface area (Å²) in [6.07, 6.45) is 3.23. The van der Waals surface area contributed by atoms with Crippen molar-refractivity contribution in [3.8, 4) is 5.75 Å². The largest absolute Gasteiger partial charge is 0.488 e. The van der Waals surface area contributed by atoms with Gasteiger partial charge in [-0.25, -0.2) is 0 Å². The van der Waals surface area contributed by atoms with Crippen LogP contribution in [0.1, 0.15) is 15.9 Å². The molecule has 1 N–H and O–H groups in total. The number of hydrogen-bond acceptors (Lipinski definition) is 4. The molecule has 0 atom stereocenters. The summed E-state index contributed by atoms with van der Waals surface area (Å²) >= 11 is 12.1. The Hall–Kier alpha value is -2.95. The van der Waals surface area contributed by atoms with Crippen LogP contribution >= 0.6 is 23.2 Å². The first kappa shape index (κ1) is 21.8. The number of nitrogens with zero attached hydrogens (tertiary/aromatic N) is 1. The molecule has 0 unspecified atom stereocenters.